The van der Waals surface area contributed by atoms with E-state index in [1.54, 1.807) is 6.92 Å². The van der Waals surface area contributed by atoms with Crippen molar-refractivity contribution in [3.63, 3.8) is 0 Å². The SMILES string of the molecule is CCCC(CC)(CC(=O)O)C(=O)O. The van der Waals surface area contributed by atoms with Gasteiger partial charge in [0.15, 0.2) is 0 Å². The largest absolute Gasteiger partial charge is 0.481 e. The van der Waals surface area contributed by atoms with Crippen LogP contribution < -0.4 is 0 Å². The summed E-state index contributed by atoms with van der Waals surface area (Å²) in [7, 11) is 0. The number of hydrogen-bond acceptors (Lipinski definition) is 2. The first kappa shape index (κ1) is 11.9. The number of carboxylic acids is 2. The zero-order valence-electron chi connectivity index (χ0n) is 8.04. The molecule has 4 heteroatoms. The Morgan fingerprint density at radius 1 is 1.23 bits per heavy atom. The van der Waals surface area contributed by atoms with E-state index in [2.05, 4.69) is 0 Å². The highest BCUT2D eigenvalue weighted by Gasteiger charge is 2.37. The van der Waals surface area contributed by atoms with E-state index < -0.39 is 17.4 Å². The third-order valence-electron chi connectivity index (χ3n) is 2.35. The second kappa shape index (κ2) is 4.84. The van der Waals surface area contributed by atoms with Crippen molar-refractivity contribution in [3.8, 4) is 0 Å². The van der Waals surface area contributed by atoms with Gasteiger partial charge in [0.05, 0.1) is 11.8 Å². The van der Waals surface area contributed by atoms with E-state index in [-0.39, 0.29) is 6.42 Å². The van der Waals surface area contributed by atoms with Gasteiger partial charge in [-0.25, -0.2) is 0 Å². The van der Waals surface area contributed by atoms with Gasteiger partial charge in [-0.3, -0.25) is 9.59 Å². The van der Waals surface area contributed by atoms with Crippen LogP contribution in [0, 0.1) is 5.41 Å². The Balaban J connectivity index is 4.64. The van der Waals surface area contributed by atoms with Crippen LogP contribution in [0.15, 0.2) is 0 Å². The summed E-state index contributed by atoms with van der Waals surface area (Å²) in [4.78, 5) is 21.4. The summed E-state index contributed by atoms with van der Waals surface area (Å²) >= 11 is 0. The smallest absolute Gasteiger partial charge is 0.310 e. The standard InChI is InChI=1S/C9H16O4/c1-3-5-9(4-2,8(12)13)6-7(10)11/h3-6H2,1-2H3,(H,10,11)(H,12,13). The molecule has 0 saturated carbocycles. The number of carbonyl (C=O) groups is 2. The Bertz CT molecular complexity index is 200. The van der Waals surface area contributed by atoms with Gasteiger partial charge in [0.1, 0.15) is 0 Å². The average Bonchev–Trinajstić information content (AvgIpc) is 2.02. The Kier molecular flexibility index (Phi) is 4.45. The lowest BCUT2D eigenvalue weighted by Gasteiger charge is -2.25. The molecule has 0 heterocycles. The van der Waals surface area contributed by atoms with E-state index in [4.69, 9.17) is 10.2 Å². The third-order valence-corrected chi connectivity index (χ3v) is 2.35. The summed E-state index contributed by atoms with van der Waals surface area (Å²) < 4.78 is 0. The van der Waals surface area contributed by atoms with Crippen LogP contribution in [-0.4, -0.2) is 22.2 Å². The van der Waals surface area contributed by atoms with Crippen molar-refractivity contribution in [2.75, 3.05) is 0 Å². The summed E-state index contributed by atoms with van der Waals surface area (Å²) in [5.41, 5.74) is -1.07. The van der Waals surface area contributed by atoms with Gasteiger partial charge in [-0.2, -0.15) is 0 Å². The molecule has 4 nitrogen and oxygen atoms in total. The van der Waals surface area contributed by atoms with Crippen LogP contribution in [0.4, 0.5) is 0 Å². The van der Waals surface area contributed by atoms with Gasteiger partial charge in [-0.15, -0.1) is 0 Å². The minimum absolute atomic E-state index is 0.285. The number of hydrogen-bond donors (Lipinski definition) is 2. The fourth-order valence-electron chi connectivity index (χ4n) is 1.49. The molecule has 0 aromatic heterocycles. The van der Waals surface area contributed by atoms with Gasteiger partial charge in [0.25, 0.3) is 0 Å². The minimum atomic E-state index is -1.07. The highest BCUT2D eigenvalue weighted by molar-refractivity contribution is 5.81. The molecule has 0 amide bonds. The van der Waals surface area contributed by atoms with Crippen LogP contribution in [0.25, 0.3) is 0 Å². The van der Waals surface area contributed by atoms with Crippen LogP contribution in [-0.2, 0) is 9.59 Å². The summed E-state index contributed by atoms with van der Waals surface area (Å²) in [5.74, 6) is -2.04. The van der Waals surface area contributed by atoms with Crippen molar-refractivity contribution >= 4 is 11.9 Å². The molecule has 0 aliphatic carbocycles. The second-order valence-electron chi connectivity index (χ2n) is 3.26. The van der Waals surface area contributed by atoms with Gasteiger partial charge in [0.2, 0.25) is 0 Å². The molecule has 1 atom stereocenters. The predicted octanol–water partition coefficient (Wildman–Crippen LogP) is 1.74. The Hall–Kier alpha value is -1.06. The second-order valence-corrected chi connectivity index (χ2v) is 3.26. The van der Waals surface area contributed by atoms with Crippen LogP contribution in [0.2, 0.25) is 0 Å². The van der Waals surface area contributed by atoms with Gasteiger partial charge in [-0.1, -0.05) is 20.3 Å². The molecular formula is C9H16O4. The van der Waals surface area contributed by atoms with E-state index in [1.807, 2.05) is 6.92 Å². The minimum Gasteiger partial charge on any atom is -0.481 e. The number of carboxylic acid groups (broad SMARTS) is 2. The molecule has 0 spiro atoms. The molecule has 0 saturated heterocycles. The first-order valence-electron chi connectivity index (χ1n) is 4.43. The highest BCUT2D eigenvalue weighted by atomic mass is 16.4. The molecule has 13 heavy (non-hydrogen) atoms. The number of rotatable bonds is 6. The van der Waals surface area contributed by atoms with E-state index in [0.29, 0.717) is 19.3 Å². The molecule has 0 aliphatic rings. The van der Waals surface area contributed by atoms with Gasteiger partial charge in [-0.05, 0) is 12.8 Å². The molecule has 0 aromatic rings. The molecule has 76 valence electrons. The molecule has 0 radical (unpaired) electrons. The van der Waals surface area contributed by atoms with Gasteiger partial charge in [0, 0.05) is 0 Å². The molecule has 0 fully saturated rings. The summed E-state index contributed by atoms with van der Waals surface area (Å²) in [6.07, 6.45) is 1.19. The van der Waals surface area contributed by atoms with Gasteiger partial charge < -0.3 is 10.2 Å². The molecule has 0 aliphatic heterocycles. The topological polar surface area (TPSA) is 74.6 Å². The van der Waals surface area contributed by atoms with Crippen molar-refractivity contribution in [1.29, 1.82) is 0 Å². The maximum absolute atomic E-state index is 10.9. The maximum Gasteiger partial charge on any atom is 0.310 e. The fraction of sp³-hybridized carbons (Fsp3) is 0.778. The fourth-order valence-corrected chi connectivity index (χ4v) is 1.49. The normalized spacial score (nSPS) is 14.9. The zero-order valence-corrected chi connectivity index (χ0v) is 8.04. The monoisotopic (exact) mass is 188 g/mol. The lowest BCUT2D eigenvalue weighted by molar-refractivity contribution is -0.156. The first-order chi connectivity index (χ1) is 5.98. The summed E-state index contributed by atoms with van der Waals surface area (Å²) in [5, 5.41) is 17.5. The molecule has 0 aromatic carbocycles. The lowest BCUT2D eigenvalue weighted by Crippen LogP contribution is -2.32. The van der Waals surface area contributed by atoms with Gasteiger partial charge >= 0.3 is 11.9 Å². The molecule has 0 rings (SSSR count). The van der Waals surface area contributed by atoms with Crippen molar-refractivity contribution in [3.05, 3.63) is 0 Å². The lowest BCUT2D eigenvalue weighted by atomic mass is 9.78. The van der Waals surface area contributed by atoms with Crippen molar-refractivity contribution in [2.45, 2.75) is 39.5 Å². The van der Waals surface area contributed by atoms with E-state index in [9.17, 15) is 9.59 Å². The molecule has 0 bridgehead atoms. The molecule has 1 unspecified atom stereocenters. The highest BCUT2D eigenvalue weighted by Crippen LogP contribution is 2.32. The van der Waals surface area contributed by atoms with Crippen molar-refractivity contribution in [2.24, 2.45) is 5.41 Å². The molecular weight excluding hydrogens is 172 g/mol. The van der Waals surface area contributed by atoms with E-state index in [0.717, 1.165) is 0 Å². The van der Waals surface area contributed by atoms with Crippen LogP contribution in [0.1, 0.15) is 39.5 Å². The Labute approximate surface area is 77.6 Å². The van der Waals surface area contributed by atoms with Crippen LogP contribution in [0.5, 0.6) is 0 Å². The van der Waals surface area contributed by atoms with E-state index >= 15 is 0 Å². The first-order valence-corrected chi connectivity index (χ1v) is 4.43. The van der Waals surface area contributed by atoms with Crippen molar-refractivity contribution < 1.29 is 19.8 Å². The average molecular weight is 188 g/mol. The quantitative estimate of drug-likeness (QED) is 0.665. The summed E-state index contributed by atoms with van der Waals surface area (Å²) in [6.45, 7) is 3.57. The van der Waals surface area contributed by atoms with Crippen molar-refractivity contribution in [1.82, 2.24) is 0 Å². The predicted molar refractivity (Wildman–Crippen MR) is 47.5 cm³/mol. The summed E-state index contributed by atoms with van der Waals surface area (Å²) in [6, 6.07) is 0. The van der Waals surface area contributed by atoms with E-state index in [1.165, 1.54) is 0 Å². The number of aliphatic carboxylic acids is 2. The van der Waals surface area contributed by atoms with Crippen LogP contribution >= 0.6 is 0 Å². The molecule has 2 N–H and O–H groups in total. The maximum atomic E-state index is 10.9. The Morgan fingerprint density at radius 2 is 1.77 bits per heavy atom. The third kappa shape index (κ3) is 3.05. The van der Waals surface area contributed by atoms with Crippen LogP contribution in [0.3, 0.4) is 0 Å². The Morgan fingerprint density at radius 3 is 2.00 bits per heavy atom. The zero-order chi connectivity index (χ0) is 10.5.